The summed E-state index contributed by atoms with van der Waals surface area (Å²) in [7, 11) is 0. The first-order chi connectivity index (χ1) is 9.91. The van der Waals surface area contributed by atoms with E-state index >= 15 is 0 Å². The maximum absolute atomic E-state index is 13.5. The molecule has 0 bridgehead atoms. The van der Waals surface area contributed by atoms with Gasteiger partial charge in [0.25, 0.3) is 5.69 Å². The Hall–Kier alpha value is -2.96. The standard InChI is InChI=1S/C14H11FN2O4/c1-8-10(15)5-3-6-11(8)16-13-9(14(18)19)4-2-7-12(13)17(20)21/h2-7,16H,1H3,(H,18,19). The lowest BCUT2D eigenvalue weighted by atomic mass is 10.1. The Bertz CT molecular complexity index is 699. The van der Waals surface area contributed by atoms with E-state index in [9.17, 15) is 19.3 Å². The number of nitro benzene ring substituents is 1. The maximum Gasteiger partial charge on any atom is 0.338 e. The van der Waals surface area contributed by atoms with Crippen LogP contribution < -0.4 is 5.32 Å². The molecule has 0 aliphatic heterocycles. The number of hydrogen-bond acceptors (Lipinski definition) is 4. The molecule has 108 valence electrons. The third-order valence-electron chi connectivity index (χ3n) is 3.00. The zero-order chi connectivity index (χ0) is 15.6. The predicted molar refractivity (Wildman–Crippen MR) is 74.5 cm³/mol. The Balaban J connectivity index is 2.59. The Morgan fingerprint density at radius 1 is 1.29 bits per heavy atom. The number of benzene rings is 2. The van der Waals surface area contributed by atoms with Gasteiger partial charge in [-0.2, -0.15) is 0 Å². The van der Waals surface area contributed by atoms with E-state index < -0.39 is 22.4 Å². The van der Waals surface area contributed by atoms with Gasteiger partial charge in [-0.15, -0.1) is 0 Å². The molecule has 2 aromatic rings. The van der Waals surface area contributed by atoms with Crippen molar-refractivity contribution in [3.63, 3.8) is 0 Å². The first-order valence-corrected chi connectivity index (χ1v) is 5.94. The number of halogens is 1. The van der Waals surface area contributed by atoms with Gasteiger partial charge in [0.2, 0.25) is 0 Å². The van der Waals surface area contributed by atoms with Gasteiger partial charge in [0.1, 0.15) is 11.5 Å². The highest BCUT2D eigenvalue weighted by Gasteiger charge is 2.22. The molecule has 6 nitrogen and oxygen atoms in total. The van der Waals surface area contributed by atoms with Crippen molar-refractivity contribution in [2.45, 2.75) is 6.92 Å². The molecular formula is C14H11FN2O4. The van der Waals surface area contributed by atoms with Crippen LogP contribution in [0.5, 0.6) is 0 Å². The quantitative estimate of drug-likeness (QED) is 0.664. The average Bonchev–Trinajstić information content (AvgIpc) is 2.43. The van der Waals surface area contributed by atoms with Crippen molar-refractivity contribution in [3.8, 4) is 0 Å². The molecule has 0 radical (unpaired) electrons. The molecule has 0 fully saturated rings. The van der Waals surface area contributed by atoms with E-state index in [1.807, 2.05) is 0 Å². The SMILES string of the molecule is Cc1c(F)cccc1Nc1c(C(=O)O)cccc1[N+](=O)[O-]. The van der Waals surface area contributed by atoms with Crippen molar-refractivity contribution in [2.75, 3.05) is 5.32 Å². The van der Waals surface area contributed by atoms with Crippen LogP contribution in [0.25, 0.3) is 0 Å². The molecule has 0 aliphatic carbocycles. The van der Waals surface area contributed by atoms with Crippen molar-refractivity contribution in [2.24, 2.45) is 0 Å². The molecule has 0 atom stereocenters. The van der Waals surface area contributed by atoms with Crippen LogP contribution in [-0.4, -0.2) is 16.0 Å². The lowest BCUT2D eigenvalue weighted by Gasteiger charge is -2.12. The highest BCUT2D eigenvalue weighted by atomic mass is 19.1. The summed E-state index contributed by atoms with van der Waals surface area (Å²) in [4.78, 5) is 21.5. The van der Waals surface area contributed by atoms with Crippen LogP contribution in [0, 0.1) is 22.9 Å². The van der Waals surface area contributed by atoms with Gasteiger partial charge >= 0.3 is 5.97 Å². The zero-order valence-electron chi connectivity index (χ0n) is 11.0. The number of carbonyl (C=O) groups is 1. The smallest absolute Gasteiger partial charge is 0.338 e. The molecule has 0 aliphatic rings. The summed E-state index contributed by atoms with van der Waals surface area (Å²) in [5, 5.41) is 22.8. The zero-order valence-corrected chi connectivity index (χ0v) is 11.0. The van der Waals surface area contributed by atoms with Crippen LogP contribution in [0.1, 0.15) is 15.9 Å². The normalized spacial score (nSPS) is 10.2. The van der Waals surface area contributed by atoms with Gasteiger partial charge in [0.05, 0.1) is 10.5 Å². The van der Waals surface area contributed by atoms with Gasteiger partial charge in [-0.1, -0.05) is 12.1 Å². The molecule has 2 aromatic carbocycles. The van der Waals surface area contributed by atoms with Crippen LogP contribution in [-0.2, 0) is 0 Å². The molecule has 0 heterocycles. The molecule has 2 rings (SSSR count). The van der Waals surface area contributed by atoms with Crippen LogP contribution in [0.4, 0.5) is 21.5 Å². The minimum atomic E-state index is -1.31. The third kappa shape index (κ3) is 2.81. The van der Waals surface area contributed by atoms with Crippen molar-refractivity contribution in [1.29, 1.82) is 0 Å². The van der Waals surface area contributed by atoms with Crippen LogP contribution in [0.3, 0.4) is 0 Å². The number of nitrogens with zero attached hydrogens (tertiary/aromatic N) is 1. The summed E-state index contributed by atoms with van der Waals surface area (Å²) in [5.74, 6) is -1.80. The van der Waals surface area contributed by atoms with Crippen molar-refractivity contribution in [3.05, 3.63) is 63.5 Å². The van der Waals surface area contributed by atoms with E-state index in [-0.39, 0.29) is 22.5 Å². The van der Waals surface area contributed by atoms with E-state index in [1.165, 1.54) is 43.3 Å². The molecule has 0 unspecified atom stereocenters. The number of nitrogens with one attached hydrogen (secondary N) is 1. The molecule has 7 heteroatoms. The first-order valence-electron chi connectivity index (χ1n) is 5.94. The number of para-hydroxylation sites is 1. The topological polar surface area (TPSA) is 92.5 Å². The maximum atomic E-state index is 13.5. The van der Waals surface area contributed by atoms with Gasteiger partial charge in [0.15, 0.2) is 0 Å². The van der Waals surface area contributed by atoms with Crippen molar-refractivity contribution in [1.82, 2.24) is 0 Å². The number of anilines is 2. The molecule has 0 saturated heterocycles. The molecular weight excluding hydrogens is 279 g/mol. The van der Waals surface area contributed by atoms with E-state index in [1.54, 1.807) is 0 Å². The van der Waals surface area contributed by atoms with E-state index in [2.05, 4.69) is 5.32 Å². The fraction of sp³-hybridized carbons (Fsp3) is 0.0714. The Morgan fingerprint density at radius 3 is 2.57 bits per heavy atom. The summed E-state index contributed by atoms with van der Waals surface area (Å²) >= 11 is 0. The first kappa shape index (κ1) is 14.4. The summed E-state index contributed by atoms with van der Waals surface area (Å²) < 4.78 is 13.5. The molecule has 21 heavy (non-hydrogen) atoms. The van der Waals surface area contributed by atoms with Gasteiger partial charge in [-0.3, -0.25) is 10.1 Å². The number of hydrogen-bond donors (Lipinski definition) is 2. The summed E-state index contributed by atoms with van der Waals surface area (Å²) in [6.45, 7) is 1.49. The van der Waals surface area contributed by atoms with Gasteiger partial charge < -0.3 is 10.4 Å². The molecule has 0 amide bonds. The third-order valence-corrected chi connectivity index (χ3v) is 3.00. The van der Waals surface area contributed by atoms with Gasteiger partial charge in [-0.05, 0) is 25.1 Å². The fourth-order valence-corrected chi connectivity index (χ4v) is 1.88. The van der Waals surface area contributed by atoms with Gasteiger partial charge in [-0.25, -0.2) is 9.18 Å². The lowest BCUT2D eigenvalue weighted by Crippen LogP contribution is -2.06. The summed E-state index contributed by atoms with van der Waals surface area (Å²) in [6.07, 6.45) is 0. The number of aromatic carboxylic acids is 1. The highest BCUT2D eigenvalue weighted by Crippen LogP contribution is 2.32. The van der Waals surface area contributed by atoms with Crippen LogP contribution in [0.15, 0.2) is 36.4 Å². The number of carboxylic acids is 1. The molecule has 0 aromatic heterocycles. The molecule has 0 spiro atoms. The minimum absolute atomic E-state index is 0.177. The van der Waals surface area contributed by atoms with Crippen LogP contribution in [0.2, 0.25) is 0 Å². The van der Waals surface area contributed by atoms with E-state index in [0.29, 0.717) is 0 Å². The molecule has 2 N–H and O–H groups in total. The number of carboxylic acid groups (broad SMARTS) is 1. The minimum Gasteiger partial charge on any atom is -0.478 e. The van der Waals surface area contributed by atoms with Gasteiger partial charge in [0, 0.05) is 17.3 Å². The van der Waals surface area contributed by atoms with Crippen LogP contribution >= 0.6 is 0 Å². The summed E-state index contributed by atoms with van der Waals surface area (Å²) in [6, 6.07) is 7.90. The second-order valence-corrected chi connectivity index (χ2v) is 4.30. The predicted octanol–water partition coefficient (Wildman–Crippen LogP) is 3.48. The Kier molecular flexibility index (Phi) is 3.84. The summed E-state index contributed by atoms with van der Waals surface area (Å²) in [5.41, 5.74) is -0.311. The number of rotatable bonds is 4. The average molecular weight is 290 g/mol. The Morgan fingerprint density at radius 2 is 1.95 bits per heavy atom. The van der Waals surface area contributed by atoms with Crippen molar-refractivity contribution < 1.29 is 19.2 Å². The second-order valence-electron chi connectivity index (χ2n) is 4.30. The van der Waals surface area contributed by atoms with Crippen molar-refractivity contribution >= 4 is 23.0 Å². The number of nitro groups is 1. The second kappa shape index (κ2) is 5.58. The monoisotopic (exact) mass is 290 g/mol. The molecule has 0 saturated carbocycles. The lowest BCUT2D eigenvalue weighted by molar-refractivity contribution is -0.383. The van der Waals surface area contributed by atoms with E-state index in [0.717, 1.165) is 0 Å². The highest BCUT2D eigenvalue weighted by molar-refractivity contribution is 5.98. The fourth-order valence-electron chi connectivity index (χ4n) is 1.88. The Labute approximate surface area is 119 Å². The largest absolute Gasteiger partial charge is 0.478 e. The van der Waals surface area contributed by atoms with E-state index in [4.69, 9.17) is 5.11 Å².